The van der Waals surface area contributed by atoms with Crippen molar-refractivity contribution in [1.29, 1.82) is 0 Å². The summed E-state index contributed by atoms with van der Waals surface area (Å²) in [6.45, 7) is 1.40. The quantitative estimate of drug-likeness (QED) is 0.620. The molecule has 1 aliphatic heterocycles. The molecule has 1 fully saturated rings. The predicted octanol–water partition coefficient (Wildman–Crippen LogP) is 1.06. The number of imidazole rings is 1. The van der Waals surface area contributed by atoms with E-state index in [0.29, 0.717) is 10.6 Å². The first-order chi connectivity index (χ1) is 13.9. The first-order valence-electron chi connectivity index (χ1n) is 8.69. The highest BCUT2D eigenvalue weighted by Gasteiger charge is 2.59. The van der Waals surface area contributed by atoms with E-state index >= 15 is 0 Å². The third-order valence-corrected chi connectivity index (χ3v) is 4.85. The lowest BCUT2D eigenvalue weighted by Gasteiger charge is -2.29. The van der Waals surface area contributed by atoms with Crippen LogP contribution >= 0.6 is 0 Å². The zero-order chi connectivity index (χ0) is 22.3. The molecular weight excluding hydrogens is 407 g/mol. The molecule has 3 rings (SSSR count). The summed E-state index contributed by atoms with van der Waals surface area (Å²) in [5, 5.41) is 13.0. The van der Waals surface area contributed by atoms with Crippen LogP contribution in [0.2, 0.25) is 0 Å². The molecule has 0 bridgehead atoms. The molecule has 0 aliphatic carbocycles. The highest BCUT2D eigenvalue weighted by atomic mass is 19.4. The van der Waals surface area contributed by atoms with E-state index in [2.05, 4.69) is 10.3 Å². The average molecular weight is 425 g/mol. The molecule has 1 saturated heterocycles. The van der Waals surface area contributed by atoms with E-state index < -0.39 is 47.4 Å². The van der Waals surface area contributed by atoms with Gasteiger partial charge in [-0.25, -0.2) is 9.78 Å². The van der Waals surface area contributed by atoms with Crippen LogP contribution in [0.5, 0.6) is 0 Å². The molecule has 3 N–H and O–H groups in total. The number of benzene rings is 1. The molecule has 0 saturated carbocycles. The fourth-order valence-corrected chi connectivity index (χ4v) is 3.17. The molecule has 0 spiro atoms. The predicted molar refractivity (Wildman–Crippen MR) is 95.1 cm³/mol. The molecule has 0 radical (unpaired) electrons. The number of amides is 4. The minimum atomic E-state index is -5.25. The van der Waals surface area contributed by atoms with E-state index in [4.69, 9.17) is 0 Å². The van der Waals surface area contributed by atoms with Gasteiger partial charge in [-0.2, -0.15) is 18.2 Å². The summed E-state index contributed by atoms with van der Waals surface area (Å²) in [7, 11) is 1.22. The number of aromatic nitrogens is 2. The van der Waals surface area contributed by atoms with Gasteiger partial charge in [-0.3, -0.25) is 15.0 Å². The number of nitrogens with one attached hydrogen (secondary N) is 2. The number of hydrazine groups is 1. The van der Waals surface area contributed by atoms with Gasteiger partial charge in [-0.15, -0.1) is 0 Å². The highest BCUT2D eigenvalue weighted by Crippen LogP contribution is 2.40. The summed E-state index contributed by atoms with van der Waals surface area (Å²) in [5.74, 6) is -3.10. The third kappa shape index (κ3) is 3.38. The molecule has 1 aromatic heterocycles. The molecule has 2 atom stereocenters. The first kappa shape index (κ1) is 21.3. The van der Waals surface area contributed by atoms with Gasteiger partial charge in [0.15, 0.2) is 5.82 Å². The van der Waals surface area contributed by atoms with E-state index in [1.54, 1.807) is 30.3 Å². The van der Waals surface area contributed by atoms with E-state index in [1.165, 1.54) is 20.2 Å². The normalized spacial score (nSPS) is 21.3. The Labute approximate surface area is 168 Å². The number of nitrogens with zero attached hydrogens (tertiary/aromatic N) is 3. The zero-order valence-corrected chi connectivity index (χ0v) is 15.9. The topological polar surface area (TPSA) is 117 Å². The number of urea groups is 1. The van der Waals surface area contributed by atoms with Crippen molar-refractivity contribution in [3.05, 3.63) is 54.1 Å². The van der Waals surface area contributed by atoms with Crippen molar-refractivity contribution >= 4 is 17.8 Å². The van der Waals surface area contributed by atoms with Crippen LogP contribution in [0.3, 0.4) is 0 Å². The Balaban J connectivity index is 1.83. The van der Waals surface area contributed by atoms with Crippen molar-refractivity contribution in [1.82, 2.24) is 25.3 Å². The second-order valence-electron chi connectivity index (χ2n) is 6.99. The first-order valence-corrected chi connectivity index (χ1v) is 8.69. The fourth-order valence-electron chi connectivity index (χ4n) is 3.17. The van der Waals surface area contributed by atoms with Crippen molar-refractivity contribution in [2.24, 2.45) is 7.05 Å². The van der Waals surface area contributed by atoms with Gasteiger partial charge >= 0.3 is 12.2 Å². The number of aryl methyl sites for hydroxylation is 1. The van der Waals surface area contributed by atoms with Gasteiger partial charge in [0.2, 0.25) is 11.5 Å². The van der Waals surface area contributed by atoms with Crippen LogP contribution in [0.25, 0.3) is 0 Å². The Morgan fingerprint density at radius 3 is 2.43 bits per heavy atom. The lowest BCUT2D eigenvalue weighted by Crippen LogP contribution is -2.52. The number of carbonyl (C=O) groups excluding carboxylic acids is 3. The molecule has 160 valence electrons. The van der Waals surface area contributed by atoms with Crippen LogP contribution < -0.4 is 10.7 Å². The number of carbonyl (C=O) groups is 3. The van der Waals surface area contributed by atoms with Crippen LogP contribution in [0, 0.1) is 0 Å². The van der Waals surface area contributed by atoms with E-state index in [9.17, 15) is 32.7 Å². The van der Waals surface area contributed by atoms with Crippen LogP contribution in [0.1, 0.15) is 24.7 Å². The fraction of sp³-hybridized carbons (Fsp3) is 0.333. The van der Waals surface area contributed by atoms with Crippen LogP contribution in [0.15, 0.2) is 42.7 Å². The number of hydrogen-bond acceptors (Lipinski definition) is 5. The zero-order valence-electron chi connectivity index (χ0n) is 15.9. The molecule has 30 heavy (non-hydrogen) atoms. The maximum absolute atomic E-state index is 13.6. The molecule has 2 aromatic rings. The van der Waals surface area contributed by atoms with Crippen molar-refractivity contribution < 1.29 is 32.7 Å². The molecule has 2 unspecified atom stereocenters. The standard InChI is InChI=1S/C18H18F3N5O4/c1-16(11-6-4-3-5-7-11)14(28)26(15(29)23-16)24-12(27)10-17(30,18(19,20)21)13-22-8-9-25(13)2/h3-9,30H,10H2,1-2H3,(H,23,29)(H,24,27). The van der Waals surface area contributed by atoms with Crippen LogP contribution in [-0.4, -0.2) is 43.7 Å². The number of rotatable bonds is 5. The Kier molecular flexibility index (Phi) is 5.06. The molecule has 1 aliphatic rings. The van der Waals surface area contributed by atoms with Gasteiger partial charge in [-0.05, 0) is 12.5 Å². The minimum absolute atomic E-state index is 0.296. The van der Waals surface area contributed by atoms with Gasteiger partial charge in [-0.1, -0.05) is 30.3 Å². The molecular formula is C18H18F3N5O4. The highest BCUT2D eigenvalue weighted by molar-refractivity contribution is 6.08. The van der Waals surface area contributed by atoms with Gasteiger partial charge in [0.05, 0.1) is 6.42 Å². The van der Waals surface area contributed by atoms with E-state index in [0.717, 1.165) is 10.8 Å². The maximum atomic E-state index is 13.6. The minimum Gasteiger partial charge on any atom is -0.374 e. The van der Waals surface area contributed by atoms with E-state index in [1.807, 2.05) is 5.43 Å². The van der Waals surface area contributed by atoms with Crippen molar-refractivity contribution in [3.8, 4) is 0 Å². The van der Waals surface area contributed by atoms with Gasteiger partial charge < -0.3 is 15.0 Å². The van der Waals surface area contributed by atoms with Crippen molar-refractivity contribution in [2.75, 3.05) is 0 Å². The number of alkyl halides is 3. The van der Waals surface area contributed by atoms with Gasteiger partial charge in [0.25, 0.3) is 5.91 Å². The number of imide groups is 1. The number of hydrogen-bond donors (Lipinski definition) is 3. The summed E-state index contributed by atoms with van der Waals surface area (Å²) >= 11 is 0. The smallest absolute Gasteiger partial charge is 0.374 e. The Morgan fingerprint density at radius 2 is 1.90 bits per heavy atom. The number of halogens is 3. The molecule has 1 aromatic carbocycles. The summed E-state index contributed by atoms with van der Waals surface area (Å²) < 4.78 is 41.6. The van der Waals surface area contributed by atoms with Crippen molar-refractivity contribution in [3.63, 3.8) is 0 Å². The molecule has 12 heteroatoms. The Bertz CT molecular complexity index is 993. The summed E-state index contributed by atoms with van der Waals surface area (Å²) in [6.07, 6.45) is -4.56. The average Bonchev–Trinajstić information content (AvgIpc) is 3.19. The van der Waals surface area contributed by atoms with E-state index in [-0.39, 0.29) is 0 Å². The van der Waals surface area contributed by atoms with Gasteiger partial charge in [0.1, 0.15) is 5.54 Å². The second kappa shape index (κ2) is 7.13. The maximum Gasteiger partial charge on any atom is 0.425 e. The second-order valence-corrected chi connectivity index (χ2v) is 6.99. The monoisotopic (exact) mass is 425 g/mol. The van der Waals surface area contributed by atoms with Crippen LogP contribution in [-0.2, 0) is 27.8 Å². The Hall–Kier alpha value is -3.41. The summed E-state index contributed by atoms with van der Waals surface area (Å²) in [5.41, 5.74) is -2.88. The number of aliphatic hydroxyl groups is 1. The largest absolute Gasteiger partial charge is 0.425 e. The summed E-state index contributed by atoms with van der Waals surface area (Å²) in [6, 6.07) is 7.10. The van der Waals surface area contributed by atoms with Crippen LogP contribution in [0.4, 0.5) is 18.0 Å². The van der Waals surface area contributed by atoms with Gasteiger partial charge in [0, 0.05) is 19.4 Å². The Morgan fingerprint density at radius 1 is 1.27 bits per heavy atom. The molecule has 9 nitrogen and oxygen atoms in total. The molecule has 4 amide bonds. The lowest BCUT2D eigenvalue weighted by atomic mass is 9.92. The molecule has 2 heterocycles. The summed E-state index contributed by atoms with van der Waals surface area (Å²) in [4.78, 5) is 40.8. The third-order valence-electron chi connectivity index (χ3n) is 4.85. The lowest BCUT2D eigenvalue weighted by molar-refractivity contribution is -0.271. The SMILES string of the molecule is Cn1ccnc1C(O)(CC(=O)NN1C(=O)NC(C)(c2ccccc2)C1=O)C(F)(F)F. The van der Waals surface area contributed by atoms with Crippen molar-refractivity contribution in [2.45, 2.75) is 30.7 Å².